The zero-order chi connectivity index (χ0) is 13.8. The molecule has 0 aromatic carbocycles. The summed E-state index contributed by atoms with van der Waals surface area (Å²) in [6.45, 7) is 3.11. The Morgan fingerprint density at radius 2 is 2.21 bits per heavy atom. The number of aryl methyl sites for hydroxylation is 1. The molecule has 0 spiro atoms. The second-order valence-electron chi connectivity index (χ2n) is 4.83. The first-order chi connectivity index (χ1) is 9.06. The lowest BCUT2D eigenvalue weighted by atomic mass is 10.1. The monoisotopic (exact) mass is 265 g/mol. The van der Waals surface area contributed by atoms with Crippen LogP contribution in [0.15, 0.2) is 17.1 Å². The van der Waals surface area contributed by atoms with Crippen LogP contribution in [0.25, 0.3) is 0 Å². The van der Waals surface area contributed by atoms with E-state index in [1.165, 1.54) is 16.8 Å². The Bertz CT molecular complexity index is 518. The predicted octanol–water partition coefficient (Wildman–Crippen LogP) is 0.0341. The number of ether oxygens (including phenoxy) is 1. The zero-order valence-electron chi connectivity index (χ0n) is 11.0. The van der Waals surface area contributed by atoms with E-state index >= 15 is 0 Å². The van der Waals surface area contributed by atoms with Gasteiger partial charge >= 0.3 is 0 Å². The lowest BCUT2D eigenvalue weighted by Gasteiger charge is -2.23. The van der Waals surface area contributed by atoms with Crippen LogP contribution in [0.4, 0.5) is 5.69 Å². The highest BCUT2D eigenvalue weighted by Crippen LogP contribution is 2.07. The van der Waals surface area contributed by atoms with Crippen molar-refractivity contribution in [1.29, 1.82) is 0 Å². The third kappa shape index (κ3) is 3.57. The number of hydrogen-bond acceptors (Lipinski definition) is 4. The molecule has 0 bridgehead atoms. The Hall–Kier alpha value is -1.82. The predicted molar refractivity (Wildman–Crippen MR) is 71.8 cm³/mol. The minimum atomic E-state index is -0.214. The molecule has 19 heavy (non-hydrogen) atoms. The number of nitrogens with zero attached hydrogens (tertiary/aromatic N) is 1. The number of nitrogens with one attached hydrogen (secondary N) is 1. The molecule has 0 saturated carbocycles. The second-order valence-corrected chi connectivity index (χ2v) is 4.83. The van der Waals surface area contributed by atoms with Gasteiger partial charge in [-0.25, -0.2) is 0 Å². The maximum atomic E-state index is 11.9. The summed E-state index contributed by atoms with van der Waals surface area (Å²) < 4.78 is 6.55. The van der Waals surface area contributed by atoms with E-state index in [1.807, 2.05) is 0 Å². The van der Waals surface area contributed by atoms with Crippen molar-refractivity contribution in [2.75, 3.05) is 18.9 Å². The Balaban J connectivity index is 1.98. The fraction of sp³-hybridized carbons (Fsp3) is 0.538. The number of aromatic nitrogens is 1. The fourth-order valence-electron chi connectivity index (χ4n) is 2.08. The third-order valence-electron chi connectivity index (χ3n) is 3.27. The van der Waals surface area contributed by atoms with Crippen molar-refractivity contribution < 1.29 is 9.53 Å². The van der Waals surface area contributed by atoms with Crippen LogP contribution in [0.1, 0.15) is 18.4 Å². The molecule has 1 aliphatic rings. The van der Waals surface area contributed by atoms with E-state index < -0.39 is 0 Å². The highest BCUT2D eigenvalue weighted by molar-refractivity contribution is 5.76. The van der Waals surface area contributed by atoms with Gasteiger partial charge in [0.05, 0.1) is 5.69 Å². The van der Waals surface area contributed by atoms with E-state index in [9.17, 15) is 9.59 Å². The van der Waals surface area contributed by atoms with Gasteiger partial charge in [0, 0.05) is 31.5 Å². The molecule has 1 amide bonds. The van der Waals surface area contributed by atoms with Crippen molar-refractivity contribution in [2.24, 2.45) is 0 Å². The van der Waals surface area contributed by atoms with Crippen molar-refractivity contribution >= 4 is 11.6 Å². The van der Waals surface area contributed by atoms with Gasteiger partial charge in [-0.15, -0.1) is 0 Å². The maximum absolute atomic E-state index is 11.9. The third-order valence-corrected chi connectivity index (χ3v) is 3.27. The van der Waals surface area contributed by atoms with Crippen molar-refractivity contribution in [3.63, 3.8) is 0 Å². The lowest BCUT2D eigenvalue weighted by molar-refractivity contribution is -0.123. The van der Waals surface area contributed by atoms with Crippen molar-refractivity contribution in [1.82, 2.24) is 9.88 Å². The number of nitrogen functional groups attached to an aromatic ring is 1. The molecule has 0 atom stereocenters. The number of rotatable bonds is 3. The first-order valence-electron chi connectivity index (χ1n) is 6.40. The number of hydrogen-bond donors (Lipinski definition) is 2. The van der Waals surface area contributed by atoms with E-state index in [1.54, 1.807) is 6.92 Å². The lowest BCUT2D eigenvalue weighted by Crippen LogP contribution is -2.41. The summed E-state index contributed by atoms with van der Waals surface area (Å²) >= 11 is 0. The smallest absolute Gasteiger partial charge is 0.251 e. The summed E-state index contributed by atoms with van der Waals surface area (Å²) in [7, 11) is 0. The molecule has 1 saturated heterocycles. The van der Waals surface area contributed by atoms with Crippen molar-refractivity contribution in [3.8, 4) is 0 Å². The van der Waals surface area contributed by atoms with Gasteiger partial charge in [-0.1, -0.05) is 0 Å². The summed E-state index contributed by atoms with van der Waals surface area (Å²) in [4.78, 5) is 23.6. The molecular weight excluding hydrogens is 246 g/mol. The van der Waals surface area contributed by atoms with Crippen LogP contribution in [0.3, 0.4) is 0 Å². The SMILES string of the molecule is Cc1cc(=O)n(CC(=O)NC2CCOCC2)cc1N. The van der Waals surface area contributed by atoms with Crippen molar-refractivity contribution in [2.45, 2.75) is 32.4 Å². The largest absolute Gasteiger partial charge is 0.397 e. The van der Waals surface area contributed by atoms with Crippen molar-refractivity contribution in [3.05, 3.63) is 28.2 Å². The second kappa shape index (κ2) is 5.88. The Morgan fingerprint density at radius 3 is 2.89 bits per heavy atom. The fourth-order valence-corrected chi connectivity index (χ4v) is 2.08. The van der Waals surface area contributed by atoms with E-state index in [4.69, 9.17) is 10.5 Å². The molecule has 2 heterocycles. The first-order valence-corrected chi connectivity index (χ1v) is 6.40. The van der Waals surface area contributed by atoms with Gasteiger partial charge in [-0.2, -0.15) is 0 Å². The highest BCUT2D eigenvalue weighted by atomic mass is 16.5. The average molecular weight is 265 g/mol. The number of anilines is 1. The standard InChI is InChI=1S/C13H19N3O3/c1-9-6-13(18)16(7-11(9)14)8-12(17)15-10-2-4-19-5-3-10/h6-7,10H,2-5,8,14H2,1H3,(H,15,17). The average Bonchev–Trinajstić information content (AvgIpc) is 2.37. The van der Waals surface area contributed by atoms with Gasteiger partial charge in [0.25, 0.3) is 5.56 Å². The molecule has 104 valence electrons. The molecule has 0 aliphatic carbocycles. The van der Waals surface area contributed by atoms with Crippen LogP contribution in [-0.4, -0.2) is 29.7 Å². The summed E-state index contributed by atoms with van der Waals surface area (Å²) in [5.41, 5.74) is 6.77. The molecule has 1 aliphatic heterocycles. The molecular formula is C13H19N3O3. The van der Waals surface area contributed by atoms with E-state index in [0.717, 1.165) is 18.4 Å². The van der Waals surface area contributed by atoms with Gasteiger partial charge in [-0.05, 0) is 25.3 Å². The number of carbonyl (C=O) groups excluding carboxylic acids is 1. The minimum Gasteiger partial charge on any atom is -0.397 e. The Labute approximate surface area is 111 Å². The van der Waals surface area contributed by atoms with E-state index in [2.05, 4.69) is 5.32 Å². The molecule has 1 fully saturated rings. The number of amides is 1. The highest BCUT2D eigenvalue weighted by Gasteiger charge is 2.16. The molecule has 0 radical (unpaired) electrons. The summed E-state index contributed by atoms with van der Waals surface area (Å²) in [6, 6.07) is 1.58. The van der Waals surface area contributed by atoms with Gasteiger partial charge < -0.3 is 20.4 Å². The molecule has 6 nitrogen and oxygen atoms in total. The zero-order valence-corrected chi connectivity index (χ0v) is 11.0. The van der Waals surface area contributed by atoms with Crippen LogP contribution < -0.4 is 16.6 Å². The number of nitrogens with two attached hydrogens (primary N) is 1. The molecule has 6 heteroatoms. The topological polar surface area (TPSA) is 86.3 Å². The van der Waals surface area contributed by atoms with Gasteiger partial charge in [0.1, 0.15) is 6.54 Å². The van der Waals surface area contributed by atoms with Crippen LogP contribution in [-0.2, 0) is 16.1 Å². The first kappa shape index (κ1) is 13.6. The molecule has 3 N–H and O–H groups in total. The van der Waals surface area contributed by atoms with Crippen LogP contribution in [0, 0.1) is 6.92 Å². The normalized spacial score (nSPS) is 16.3. The molecule has 1 aromatic heterocycles. The van der Waals surface area contributed by atoms with Crippen LogP contribution >= 0.6 is 0 Å². The molecule has 1 aromatic rings. The van der Waals surface area contributed by atoms with Gasteiger partial charge in [-0.3, -0.25) is 9.59 Å². The van der Waals surface area contributed by atoms with E-state index in [0.29, 0.717) is 18.9 Å². The number of carbonyl (C=O) groups is 1. The maximum Gasteiger partial charge on any atom is 0.251 e. The van der Waals surface area contributed by atoms with Gasteiger partial charge in [0.15, 0.2) is 0 Å². The van der Waals surface area contributed by atoms with E-state index in [-0.39, 0.29) is 24.1 Å². The summed E-state index contributed by atoms with van der Waals surface area (Å²) in [5, 5.41) is 2.91. The Morgan fingerprint density at radius 1 is 1.53 bits per heavy atom. The summed E-state index contributed by atoms with van der Waals surface area (Å²) in [5.74, 6) is -0.169. The van der Waals surface area contributed by atoms with Crippen LogP contribution in [0.5, 0.6) is 0 Å². The van der Waals surface area contributed by atoms with Gasteiger partial charge in [0.2, 0.25) is 5.91 Å². The number of pyridine rings is 1. The minimum absolute atomic E-state index is 0.000665. The molecule has 2 rings (SSSR count). The Kier molecular flexibility index (Phi) is 4.21. The quantitative estimate of drug-likeness (QED) is 0.807. The van der Waals surface area contributed by atoms with Crippen LogP contribution in [0.2, 0.25) is 0 Å². The summed E-state index contributed by atoms with van der Waals surface area (Å²) in [6.07, 6.45) is 3.15. The molecule has 0 unspecified atom stereocenters.